The third kappa shape index (κ3) is 3.93. The molecule has 9 nitrogen and oxygen atoms in total. The molecule has 1 N–H and O–H groups in total. The van der Waals surface area contributed by atoms with Gasteiger partial charge in [-0.05, 0) is 32.3 Å². The summed E-state index contributed by atoms with van der Waals surface area (Å²) in [5, 5.41) is 10.8. The van der Waals surface area contributed by atoms with Crippen molar-refractivity contribution in [3.8, 4) is 0 Å². The summed E-state index contributed by atoms with van der Waals surface area (Å²) < 4.78 is 36.3. The van der Waals surface area contributed by atoms with Crippen molar-refractivity contribution in [2.45, 2.75) is 88.9 Å². The lowest BCUT2D eigenvalue weighted by molar-refractivity contribution is -0.233. The number of aliphatic hydroxyl groups is 1. The Morgan fingerprint density at radius 3 is 2.66 bits per heavy atom. The Morgan fingerprint density at radius 2 is 1.87 bits per heavy atom. The fraction of sp³-hybridized carbons (Fsp3) is 0.655. The highest BCUT2D eigenvalue weighted by molar-refractivity contribution is 5.83. The fourth-order valence-corrected chi connectivity index (χ4v) is 7.25. The highest BCUT2D eigenvalue weighted by Crippen LogP contribution is 2.72. The van der Waals surface area contributed by atoms with E-state index < -0.39 is 46.9 Å². The van der Waals surface area contributed by atoms with Gasteiger partial charge in [-0.2, -0.15) is 0 Å². The van der Waals surface area contributed by atoms with E-state index in [1.165, 1.54) is 17.7 Å². The summed E-state index contributed by atoms with van der Waals surface area (Å²) in [6, 6.07) is 0. The number of allylic oxidation sites excluding steroid dienone is 3. The predicted octanol–water partition coefficient (Wildman–Crippen LogP) is 2.68. The SMILES string of the molecule is CC1=C[C@H]2O[C@H]3C[C@H]4OC(=O)/C=C\C=C\C5CCOC(O5)C(O)/C(C)=C\C(=O)OC[C@@]2(CC1)[C@@]4(C)[C@]31CO1. The van der Waals surface area contributed by atoms with Gasteiger partial charge in [0, 0.05) is 30.4 Å². The van der Waals surface area contributed by atoms with Crippen molar-refractivity contribution < 1.29 is 43.1 Å². The van der Waals surface area contributed by atoms with E-state index in [0.717, 1.165) is 6.42 Å². The van der Waals surface area contributed by atoms with Crippen LogP contribution in [-0.2, 0) is 38.0 Å². The number of esters is 2. The summed E-state index contributed by atoms with van der Waals surface area (Å²) in [6.07, 6.45) is 9.29. The normalized spacial score (nSPS) is 49.8. The Kier molecular flexibility index (Phi) is 6.43. The first kappa shape index (κ1) is 26.0. The molecule has 0 aromatic rings. The second-order valence-electron chi connectivity index (χ2n) is 11.6. The van der Waals surface area contributed by atoms with Gasteiger partial charge in [-0.1, -0.05) is 36.8 Å². The molecule has 4 bridgehead atoms. The molecule has 4 heterocycles. The van der Waals surface area contributed by atoms with E-state index in [1.807, 2.05) is 6.08 Å². The maximum absolute atomic E-state index is 13.1. The molecule has 6 aliphatic rings. The number of hydrogen-bond donors (Lipinski definition) is 1. The molecule has 9 heteroatoms. The third-order valence-corrected chi connectivity index (χ3v) is 9.68. The molecule has 6 rings (SSSR count). The van der Waals surface area contributed by atoms with Gasteiger partial charge in [0.2, 0.25) is 0 Å². The Bertz CT molecular complexity index is 1120. The largest absolute Gasteiger partial charge is 0.462 e. The number of aliphatic hydroxyl groups excluding tert-OH is 1. The number of cyclic esters (lactones) is 1. The molecule has 0 amide bonds. The van der Waals surface area contributed by atoms with Gasteiger partial charge < -0.3 is 33.5 Å². The molecular formula is C29H36O9. The first-order chi connectivity index (χ1) is 18.2. The van der Waals surface area contributed by atoms with Crippen molar-refractivity contribution in [1.82, 2.24) is 0 Å². The number of ether oxygens (including phenoxy) is 6. The standard InChI is InChI=1S/C29H36O9/c1-17-8-10-28-15-34-24(31)13-18(2)25(32)26-33-11-9-19(36-26)6-4-5-7-23(30)38-20-14-22(37-21(28)12-17)29(16-35-29)27(20,28)3/h4-7,12-13,19-22,25-26,32H,8-11,14-16H2,1-3H3/b6-4+,7-5-,18-13-/t19?,20-,21-,22+,25?,26?,27+,28-,29+/m1/s1. The van der Waals surface area contributed by atoms with E-state index in [9.17, 15) is 14.7 Å². The summed E-state index contributed by atoms with van der Waals surface area (Å²) in [5.41, 5.74) is -0.268. The van der Waals surface area contributed by atoms with Crippen LogP contribution in [0.15, 0.2) is 47.6 Å². The lowest BCUT2D eigenvalue weighted by Crippen LogP contribution is -2.66. The van der Waals surface area contributed by atoms with Crippen LogP contribution in [0.5, 0.6) is 0 Å². The van der Waals surface area contributed by atoms with Gasteiger partial charge in [0.25, 0.3) is 0 Å². The van der Waals surface area contributed by atoms with Gasteiger partial charge in [0.1, 0.15) is 24.4 Å². The van der Waals surface area contributed by atoms with Crippen molar-refractivity contribution in [1.29, 1.82) is 0 Å². The zero-order valence-corrected chi connectivity index (χ0v) is 22.1. The Morgan fingerprint density at radius 1 is 1.05 bits per heavy atom. The molecule has 1 saturated carbocycles. The number of epoxide rings is 1. The number of carbonyl (C=O) groups excluding carboxylic acids is 2. The number of hydrogen-bond acceptors (Lipinski definition) is 9. The van der Waals surface area contributed by atoms with Crippen molar-refractivity contribution in [2.24, 2.45) is 10.8 Å². The Labute approximate surface area is 222 Å². The van der Waals surface area contributed by atoms with Crippen LogP contribution in [0.2, 0.25) is 0 Å². The summed E-state index contributed by atoms with van der Waals surface area (Å²) >= 11 is 0. The van der Waals surface area contributed by atoms with Crippen molar-refractivity contribution in [3.05, 3.63) is 47.6 Å². The maximum Gasteiger partial charge on any atom is 0.331 e. The summed E-state index contributed by atoms with van der Waals surface area (Å²) in [4.78, 5) is 26.0. The molecule has 2 aliphatic carbocycles. The van der Waals surface area contributed by atoms with Gasteiger partial charge in [-0.15, -0.1) is 0 Å². The second-order valence-corrected chi connectivity index (χ2v) is 11.6. The zero-order valence-electron chi connectivity index (χ0n) is 22.1. The highest BCUT2D eigenvalue weighted by Gasteiger charge is 2.83. The molecule has 4 aliphatic heterocycles. The molecule has 0 aromatic carbocycles. The number of fused-ring (bicyclic) bond motifs is 2. The van der Waals surface area contributed by atoms with Crippen LogP contribution in [0, 0.1) is 10.8 Å². The molecule has 4 fully saturated rings. The molecule has 9 atom stereocenters. The van der Waals surface area contributed by atoms with Gasteiger partial charge in [0.05, 0.1) is 36.9 Å². The Hall–Kier alpha value is -2.30. The zero-order chi connectivity index (χ0) is 26.7. The van der Waals surface area contributed by atoms with Gasteiger partial charge in [-0.25, -0.2) is 9.59 Å². The van der Waals surface area contributed by atoms with E-state index in [1.54, 1.807) is 19.1 Å². The van der Waals surface area contributed by atoms with Crippen LogP contribution in [0.25, 0.3) is 0 Å². The summed E-state index contributed by atoms with van der Waals surface area (Å²) in [5.74, 6) is -1.02. The van der Waals surface area contributed by atoms with Crippen LogP contribution < -0.4 is 0 Å². The molecule has 38 heavy (non-hydrogen) atoms. The average molecular weight is 529 g/mol. The minimum atomic E-state index is -1.13. The molecule has 3 unspecified atom stereocenters. The fourth-order valence-electron chi connectivity index (χ4n) is 7.25. The van der Waals surface area contributed by atoms with E-state index in [4.69, 9.17) is 28.4 Å². The smallest absolute Gasteiger partial charge is 0.331 e. The van der Waals surface area contributed by atoms with Crippen LogP contribution in [0.3, 0.4) is 0 Å². The van der Waals surface area contributed by atoms with Gasteiger partial charge in [-0.3, -0.25) is 0 Å². The Balaban J connectivity index is 1.38. The minimum absolute atomic E-state index is 0.0691. The first-order valence-corrected chi connectivity index (χ1v) is 13.5. The lowest BCUT2D eigenvalue weighted by Gasteiger charge is -2.58. The molecule has 206 valence electrons. The van der Waals surface area contributed by atoms with Crippen molar-refractivity contribution in [2.75, 3.05) is 19.8 Å². The second kappa shape index (κ2) is 9.41. The number of carbonyl (C=O) groups is 2. The monoisotopic (exact) mass is 528 g/mol. The van der Waals surface area contributed by atoms with Crippen molar-refractivity contribution >= 4 is 11.9 Å². The summed E-state index contributed by atoms with van der Waals surface area (Å²) in [7, 11) is 0. The molecule has 2 spiro atoms. The molecule has 0 aromatic heterocycles. The van der Waals surface area contributed by atoms with Gasteiger partial charge >= 0.3 is 11.9 Å². The predicted molar refractivity (Wildman–Crippen MR) is 134 cm³/mol. The molecular weight excluding hydrogens is 492 g/mol. The van der Waals surface area contributed by atoms with E-state index in [2.05, 4.69) is 19.9 Å². The van der Waals surface area contributed by atoms with E-state index >= 15 is 0 Å². The average Bonchev–Trinajstić information content (AvgIpc) is 3.67. The molecule has 3 saturated heterocycles. The van der Waals surface area contributed by atoms with Crippen molar-refractivity contribution in [3.63, 3.8) is 0 Å². The van der Waals surface area contributed by atoms with E-state index in [-0.39, 0.29) is 24.9 Å². The first-order valence-electron chi connectivity index (χ1n) is 13.5. The quantitative estimate of drug-likeness (QED) is 0.288. The van der Waals surface area contributed by atoms with Crippen LogP contribution in [0.4, 0.5) is 0 Å². The highest BCUT2D eigenvalue weighted by atomic mass is 16.7. The topological polar surface area (TPSA) is 113 Å². The number of rotatable bonds is 0. The van der Waals surface area contributed by atoms with Gasteiger partial charge in [0.15, 0.2) is 6.29 Å². The van der Waals surface area contributed by atoms with Crippen LogP contribution in [-0.4, -0.2) is 79.3 Å². The van der Waals surface area contributed by atoms with Crippen LogP contribution in [0.1, 0.15) is 46.5 Å². The molecule has 0 radical (unpaired) electrons. The summed E-state index contributed by atoms with van der Waals surface area (Å²) in [6.45, 7) is 6.82. The van der Waals surface area contributed by atoms with E-state index in [0.29, 0.717) is 38.0 Å². The van der Waals surface area contributed by atoms with Crippen LogP contribution >= 0.6 is 0 Å². The maximum atomic E-state index is 13.1. The minimum Gasteiger partial charge on any atom is -0.462 e. The lowest BCUT2D eigenvalue weighted by atomic mass is 9.51. The third-order valence-electron chi connectivity index (χ3n) is 9.68.